The zero-order valence-electron chi connectivity index (χ0n) is 15.1. The standard InChI is InChI=1S/C21H22N2O2S/c1-14-9-10-15(2)17(12-14)20(24)23(13-16-6-5-11-25-16)21-22-18-7-3-4-8-19(18)26-21/h3-4,7-10,12,16H,5-6,11,13H2,1-2H3. The Balaban J connectivity index is 1.74. The third kappa shape index (κ3) is 3.37. The Hall–Kier alpha value is -2.24. The van der Waals surface area contributed by atoms with Crippen molar-refractivity contribution < 1.29 is 9.53 Å². The Morgan fingerprint density at radius 3 is 2.88 bits per heavy atom. The van der Waals surface area contributed by atoms with Crippen LogP contribution in [0, 0.1) is 13.8 Å². The van der Waals surface area contributed by atoms with Crippen LogP contribution in [0.1, 0.15) is 34.3 Å². The van der Waals surface area contributed by atoms with Crippen LogP contribution in [-0.2, 0) is 4.74 Å². The van der Waals surface area contributed by atoms with E-state index in [1.165, 1.54) is 0 Å². The van der Waals surface area contributed by atoms with Gasteiger partial charge in [-0.05, 0) is 50.5 Å². The van der Waals surface area contributed by atoms with E-state index in [1.807, 2.05) is 61.2 Å². The van der Waals surface area contributed by atoms with Crippen LogP contribution in [0.25, 0.3) is 10.2 Å². The molecule has 1 amide bonds. The molecule has 0 radical (unpaired) electrons. The second-order valence-corrected chi connectivity index (χ2v) is 7.84. The minimum Gasteiger partial charge on any atom is -0.376 e. The first kappa shape index (κ1) is 17.2. The molecule has 5 heteroatoms. The number of carbonyl (C=O) groups excluding carboxylic acids is 1. The lowest BCUT2D eigenvalue weighted by molar-refractivity contribution is 0.0917. The molecule has 1 aliphatic rings. The number of amides is 1. The molecule has 1 aromatic heterocycles. The van der Waals surface area contributed by atoms with Gasteiger partial charge in [-0.15, -0.1) is 0 Å². The van der Waals surface area contributed by atoms with Gasteiger partial charge in [0.2, 0.25) is 0 Å². The highest BCUT2D eigenvalue weighted by Crippen LogP contribution is 2.31. The number of aromatic nitrogens is 1. The van der Waals surface area contributed by atoms with Crippen molar-refractivity contribution >= 4 is 32.6 Å². The molecule has 0 spiro atoms. The van der Waals surface area contributed by atoms with Gasteiger partial charge >= 0.3 is 0 Å². The van der Waals surface area contributed by atoms with Crippen molar-refractivity contribution in [3.63, 3.8) is 0 Å². The Morgan fingerprint density at radius 2 is 2.12 bits per heavy atom. The minimum atomic E-state index is 0.000700. The topological polar surface area (TPSA) is 42.4 Å². The van der Waals surface area contributed by atoms with E-state index in [9.17, 15) is 4.79 Å². The maximum absolute atomic E-state index is 13.4. The Kier molecular flexibility index (Phi) is 4.74. The maximum atomic E-state index is 13.4. The van der Waals surface area contributed by atoms with Gasteiger partial charge in [0.25, 0.3) is 5.91 Å². The molecule has 1 aliphatic heterocycles. The number of aryl methyl sites for hydroxylation is 2. The predicted octanol–water partition coefficient (Wildman–Crippen LogP) is 4.74. The summed E-state index contributed by atoms with van der Waals surface area (Å²) in [7, 11) is 0. The van der Waals surface area contributed by atoms with E-state index < -0.39 is 0 Å². The molecule has 3 aromatic rings. The highest BCUT2D eigenvalue weighted by molar-refractivity contribution is 7.22. The maximum Gasteiger partial charge on any atom is 0.260 e. The monoisotopic (exact) mass is 366 g/mol. The van der Waals surface area contributed by atoms with E-state index in [-0.39, 0.29) is 12.0 Å². The summed E-state index contributed by atoms with van der Waals surface area (Å²) in [5, 5.41) is 0.743. The number of carbonyl (C=O) groups is 1. The van der Waals surface area contributed by atoms with Crippen molar-refractivity contribution in [1.29, 1.82) is 0 Å². The summed E-state index contributed by atoms with van der Waals surface area (Å²) in [6.07, 6.45) is 2.12. The number of nitrogens with zero attached hydrogens (tertiary/aromatic N) is 2. The van der Waals surface area contributed by atoms with Gasteiger partial charge in [0.1, 0.15) is 0 Å². The van der Waals surface area contributed by atoms with Crippen LogP contribution in [0.15, 0.2) is 42.5 Å². The molecule has 0 bridgehead atoms. The molecular formula is C21H22N2O2S. The normalized spacial score (nSPS) is 16.9. The second kappa shape index (κ2) is 7.17. The molecule has 0 saturated carbocycles. The van der Waals surface area contributed by atoms with Gasteiger partial charge in [-0.2, -0.15) is 0 Å². The van der Waals surface area contributed by atoms with Gasteiger partial charge in [0, 0.05) is 12.2 Å². The first-order valence-corrected chi connectivity index (χ1v) is 9.80. The zero-order valence-corrected chi connectivity index (χ0v) is 15.9. The average Bonchev–Trinajstić information content (AvgIpc) is 3.30. The van der Waals surface area contributed by atoms with E-state index in [0.29, 0.717) is 6.54 Å². The summed E-state index contributed by atoms with van der Waals surface area (Å²) in [5.74, 6) is 0.000700. The van der Waals surface area contributed by atoms with Gasteiger partial charge in [-0.25, -0.2) is 4.98 Å². The summed E-state index contributed by atoms with van der Waals surface area (Å²) < 4.78 is 6.89. The van der Waals surface area contributed by atoms with Crippen molar-refractivity contribution in [2.45, 2.75) is 32.8 Å². The summed E-state index contributed by atoms with van der Waals surface area (Å²) >= 11 is 1.56. The molecule has 26 heavy (non-hydrogen) atoms. The number of rotatable bonds is 4. The fourth-order valence-electron chi connectivity index (χ4n) is 3.33. The van der Waals surface area contributed by atoms with Gasteiger partial charge in [-0.1, -0.05) is 41.2 Å². The van der Waals surface area contributed by atoms with E-state index >= 15 is 0 Å². The number of fused-ring (bicyclic) bond motifs is 1. The average molecular weight is 366 g/mol. The highest BCUT2D eigenvalue weighted by atomic mass is 32.1. The van der Waals surface area contributed by atoms with Crippen LogP contribution in [0.2, 0.25) is 0 Å². The number of thiazole rings is 1. The van der Waals surface area contributed by atoms with Gasteiger partial charge < -0.3 is 4.74 Å². The summed E-state index contributed by atoms with van der Waals surface area (Å²) in [6.45, 7) is 5.32. The molecule has 1 saturated heterocycles. The summed E-state index contributed by atoms with van der Waals surface area (Å²) in [5.41, 5.74) is 3.74. The van der Waals surface area contributed by atoms with E-state index in [4.69, 9.17) is 9.72 Å². The Labute approximate surface area is 157 Å². The predicted molar refractivity (Wildman–Crippen MR) is 106 cm³/mol. The third-order valence-corrected chi connectivity index (χ3v) is 5.85. The highest BCUT2D eigenvalue weighted by Gasteiger charge is 2.27. The van der Waals surface area contributed by atoms with Gasteiger partial charge in [0.15, 0.2) is 5.13 Å². The largest absolute Gasteiger partial charge is 0.376 e. The minimum absolute atomic E-state index is 0.000700. The Bertz CT molecular complexity index is 911. The van der Waals surface area contributed by atoms with Crippen LogP contribution in [0.5, 0.6) is 0 Å². The first-order valence-electron chi connectivity index (χ1n) is 8.98. The SMILES string of the molecule is Cc1ccc(C)c(C(=O)N(CC2CCCO2)c2nc3ccccc3s2)c1. The number of para-hydroxylation sites is 1. The Morgan fingerprint density at radius 1 is 1.27 bits per heavy atom. The first-order chi connectivity index (χ1) is 12.6. The van der Waals surface area contributed by atoms with E-state index in [1.54, 1.807) is 11.3 Å². The van der Waals surface area contributed by atoms with Crippen LogP contribution in [0.4, 0.5) is 5.13 Å². The molecule has 4 rings (SSSR count). The molecule has 1 fully saturated rings. The molecule has 0 N–H and O–H groups in total. The molecule has 1 atom stereocenters. The van der Waals surface area contributed by atoms with Crippen molar-refractivity contribution in [2.24, 2.45) is 0 Å². The van der Waals surface area contributed by atoms with Crippen LogP contribution >= 0.6 is 11.3 Å². The quantitative estimate of drug-likeness (QED) is 0.670. The lowest BCUT2D eigenvalue weighted by atomic mass is 10.0. The van der Waals surface area contributed by atoms with Crippen LogP contribution in [0.3, 0.4) is 0 Å². The van der Waals surface area contributed by atoms with Gasteiger partial charge in [-0.3, -0.25) is 9.69 Å². The van der Waals surface area contributed by atoms with Crippen molar-refractivity contribution in [3.8, 4) is 0 Å². The summed E-state index contributed by atoms with van der Waals surface area (Å²) in [6, 6.07) is 14.0. The number of benzene rings is 2. The third-order valence-electron chi connectivity index (χ3n) is 4.79. The van der Waals surface area contributed by atoms with Crippen LogP contribution < -0.4 is 4.90 Å². The molecule has 2 heterocycles. The van der Waals surface area contributed by atoms with E-state index in [2.05, 4.69) is 0 Å². The lowest BCUT2D eigenvalue weighted by Gasteiger charge is -2.24. The van der Waals surface area contributed by atoms with Crippen LogP contribution in [-0.4, -0.2) is 30.1 Å². The molecule has 2 aromatic carbocycles. The zero-order chi connectivity index (χ0) is 18.1. The molecular weight excluding hydrogens is 344 g/mol. The summed E-state index contributed by atoms with van der Waals surface area (Å²) in [4.78, 5) is 19.9. The fourth-order valence-corrected chi connectivity index (χ4v) is 4.30. The number of hydrogen-bond acceptors (Lipinski definition) is 4. The molecule has 134 valence electrons. The van der Waals surface area contributed by atoms with E-state index in [0.717, 1.165) is 51.5 Å². The number of hydrogen-bond donors (Lipinski definition) is 0. The molecule has 1 unspecified atom stereocenters. The fraction of sp³-hybridized carbons (Fsp3) is 0.333. The smallest absolute Gasteiger partial charge is 0.260 e. The number of anilines is 1. The van der Waals surface area contributed by atoms with Gasteiger partial charge in [0.05, 0.1) is 22.9 Å². The van der Waals surface area contributed by atoms with Crippen molar-refractivity contribution in [1.82, 2.24) is 4.98 Å². The second-order valence-electron chi connectivity index (χ2n) is 6.83. The number of ether oxygens (including phenoxy) is 1. The molecule has 0 aliphatic carbocycles. The van der Waals surface area contributed by atoms with Crippen molar-refractivity contribution in [2.75, 3.05) is 18.1 Å². The lowest BCUT2D eigenvalue weighted by Crippen LogP contribution is -2.37. The van der Waals surface area contributed by atoms with Crippen molar-refractivity contribution in [3.05, 3.63) is 59.2 Å². The molecule has 4 nitrogen and oxygen atoms in total.